The number of carbonyl (C=O) groups excluding carboxylic acids is 2. The van der Waals surface area contributed by atoms with Gasteiger partial charge in [0.15, 0.2) is 0 Å². The van der Waals surface area contributed by atoms with Gasteiger partial charge in [-0.05, 0) is 44.2 Å². The number of rotatable bonds is 4. The molecule has 2 aliphatic rings. The Balaban J connectivity index is 1.70. The number of hydrogen-bond donors (Lipinski definition) is 2. The predicted octanol–water partition coefficient (Wildman–Crippen LogP) is 3.66. The Kier molecular flexibility index (Phi) is 4.21. The number of thiophene rings is 1. The number of nitrogens with one attached hydrogen (secondary N) is 2. The van der Waals surface area contributed by atoms with Gasteiger partial charge in [-0.25, -0.2) is 4.79 Å². The van der Waals surface area contributed by atoms with Crippen molar-refractivity contribution in [2.75, 3.05) is 11.9 Å². The van der Waals surface area contributed by atoms with Gasteiger partial charge < -0.3 is 15.4 Å². The number of fused-ring (bicyclic) bond motifs is 2. The van der Waals surface area contributed by atoms with Crippen LogP contribution in [-0.2, 0) is 17.6 Å². The second-order valence-electron chi connectivity index (χ2n) is 6.29. The smallest absolute Gasteiger partial charge is 0.340 e. The summed E-state index contributed by atoms with van der Waals surface area (Å²) in [4.78, 5) is 25.9. The summed E-state index contributed by atoms with van der Waals surface area (Å²) in [5.74, 6) is -0.379. The van der Waals surface area contributed by atoms with Crippen LogP contribution in [0.3, 0.4) is 0 Å². The van der Waals surface area contributed by atoms with Gasteiger partial charge in [0.05, 0.1) is 11.1 Å². The number of aryl methyl sites for hydroxylation is 1. The van der Waals surface area contributed by atoms with Gasteiger partial charge in [-0.15, -0.1) is 11.3 Å². The standard InChI is InChI=1S/C19H20N2O3S/c1-2-20-16(22)15-13-9-5-6-10-14(13)25-18(15)21-17-11-7-3-4-8-12(11)19(23)24-17/h3-4,7-8,17,21H,2,5-6,9-10H2,1H3,(H,20,22). The van der Waals surface area contributed by atoms with Crippen molar-refractivity contribution in [3.8, 4) is 0 Å². The highest BCUT2D eigenvalue weighted by Crippen LogP contribution is 2.41. The van der Waals surface area contributed by atoms with E-state index in [1.54, 1.807) is 17.4 Å². The van der Waals surface area contributed by atoms with E-state index in [1.807, 2.05) is 25.1 Å². The van der Waals surface area contributed by atoms with Crippen LogP contribution < -0.4 is 10.6 Å². The molecule has 1 aromatic heterocycles. The van der Waals surface area contributed by atoms with E-state index in [1.165, 1.54) is 4.88 Å². The first-order chi connectivity index (χ1) is 12.2. The minimum Gasteiger partial charge on any atom is -0.434 e. The van der Waals surface area contributed by atoms with Crippen LogP contribution >= 0.6 is 11.3 Å². The summed E-state index contributed by atoms with van der Waals surface area (Å²) in [7, 11) is 0. The fourth-order valence-electron chi connectivity index (χ4n) is 3.53. The largest absolute Gasteiger partial charge is 0.434 e. The first-order valence-corrected chi connectivity index (χ1v) is 9.50. The Morgan fingerprint density at radius 1 is 1.28 bits per heavy atom. The van der Waals surface area contributed by atoms with Gasteiger partial charge in [0.2, 0.25) is 6.23 Å². The summed E-state index contributed by atoms with van der Waals surface area (Å²) < 4.78 is 5.49. The van der Waals surface area contributed by atoms with Crippen LogP contribution in [-0.4, -0.2) is 18.4 Å². The van der Waals surface area contributed by atoms with Gasteiger partial charge in [-0.3, -0.25) is 4.79 Å². The zero-order valence-electron chi connectivity index (χ0n) is 14.1. The molecular weight excluding hydrogens is 336 g/mol. The summed E-state index contributed by atoms with van der Waals surface area (Å²) >= 11 is 1.62. The van der Waals surface area contributed by atoms with Crippen LogP contribution in [0.4, 0.5) is 5.00 Å². The minimum atomic E-state index is -0.544. The molecule has 130 valence electrons. The average Bonchev–Trinajstić information content (AvgIpc) is 3.13. The van der Waals surface area contributed by atoms with Gasteiger partial charge in [-0.2, -0.15) is 0 Å². The average molecular weight is 356 g/mol. The number of anilines is 1. The third-order valence-electron chi connectivity index (χ3n) is 4.69. The van der Waals surface area contributed by atoms with Crippen LogP contribution in [0.25, 0.3) is 0 Å². The molecule has 1 aliphatic carbocycles. The van der Waals surface area contributed by atoms with Crippen molar-refractivity contribution in [3.63, 3.8) is 0 Å². The van der Waals surface area contributed by atoms with Crippen LogP contribution in [0.15, 0.2) is 24.3 Å². The molecule has 0 fully saturated rings. The van der Waals surface area contributed by atoms with E-state index < -0.39 is 6.23 Å². The number of hydrogen-bond acceptors (Lipinski definition) is 5. The van der Waals surface area contributed by atoms with Crippen LogP contribution in [0.5, 0.6) is 0 Å². The first kappa shape index (κ1) is 16.1. The predicted molar refractivity (Wildman–Crippen MR) is 97.2 cm³/mol. The maximum atomic E-state index is 12.6. The second kappa shape index (κ2) is 6.52. The van der Waals surface area contributed by atoms with Crippen LogP contribution in [0.2, 0.25) is 0 Å². The number of benzene rings is 1. The third kappa shape index (κ3) is 2.80. The number of cyclic esters (lactones) is 1. The lowest BCUT2D eigenvalue weighted by molar-refractivity contribution is 0.0437. The van der Waals surface area contributed by atoms with Gasteiger partial charge >= 0.3 is 5.97 Å². The van der Waals surface area contributed by atoms with E-state index in [9.17, 15) is 9.59 Å². The van der Waals surface area contributed by atoms with E-state index >= 15 is 0 Å². The Labute approximate surface area is 150 Å². The molecule has 0 spiro atoms. The summed E-state index contributed by atoms with van der Waals surface area (Å²) in [6.45, 7) is 2.50. The highest BCUT2D eigenvalue weighted by Gasteiger charge is 2.33. The molecule has 1 atom stereocenters. The van der Waals surface area contributed by atoms with Gasteiger partial charge in [0, 0.05) is 17.0 Å². The molecule has 2 aromatic rings. The highest BCUT2D eigenvalue weighted by atomic mass is 32.1. The minimum absolute atomic E-state index is 0.0537. The van der Waals surface area contributed by atoms with Crippen molar-refractivity contribution in [1.82, 2.24) is 5.32 Å². The normalized spacial score (nSPS) is 18.3. The monoisotopic (exact) mass is 356 g/mol. The molecule has 1 aliphatic heterocycles. The molecule has 0 saturated carbocycles. The molecule has 0 saturated heterocycles. The van der Waals surface area contributed by atoms with E-state index in [4.69, 9.17) is 4.74 Å². The molecule has 2 N–H and O–H groups in total. The van der Waals surface area contributed by atoms with E-state index in [-0.39, 0.29) is 11.9 Å². The maximum Gasteiger partial charge on any atom is 0.340 e. The lowest BCUT2D eigenvalue weighted by atomic mass is 9.95. The summed E-state index contributed by atoms with van der Waals surface area (Å²) in [6.07, 6.45) is 3.66. The zero-order chi connectivity index (χ0) is 17.4. The quantitative estimate of drug-likeness (QED) is 0.821. The first-order valence-electron chi connectivity index (χ1n) is 8.68. The van der Waals surface area contributed by atoms with Crippen molar-refractivity contribution in [1.29, 1.82) is 0 Å². The molecule has 2 heterocycles. The molecule has 25 heavy (non-hydrogen) atoms. The highest BCUT2D eigenvalue weighted by molar-refractivity contribution is 7.16. The Hall–Kier alpha value is -2.34. The maximum absolute atomic E-state index is 12.6. The van der Waals surface area contributed by atoms with Crippen molar-refractivity contribution < 1.29 is 14.3 Å². The molecular formula is C19H20N2O3S. The molecule has 0 radical (unpaired) electrons. The van der Waals surface area contributed by atoms with Crippen molar-refractivity contribution >= 4 is 28.2 Å². The number of carbonyl (C=O) groups is 2. The van der Waals surface area contributed by atoms with Crippen molar-refractivity contribution in [2.24, 2.45) is 0 Å². The van der Waals surface area contributed by atoms with Gasteiger partial charge in [-0.1, -0.05) is 18.2 Å². The third-order valence-corrected chi connectivity index (χ3v) is 5.91. The van der Waals surface area contributed by atoms with E-state index in [2.05, 4.69) is 10.6 Å². The number of esters is 1. The van der Waals surface area contributed by atoms with Crippen LogP contribution in [0, 0.1) is 0 Å². The lowest BCUT2D eigenvalue weighted by Gasteiger charge is -2.15. The van der Waals surface area contributed by atoms with Crippen molar-refractivity contribution in [2.45, 2.75) is 38.8 Å². The molecule has 1 amide bonds. The Morgan fingerprint density at radius 3 is 2.92 bits per heavy atom. The van der Waals surface area contributed by atoms with Crippen molar-refractivity contribution in [3.05, 3.63) is 51.4 Å². The van der Waals surface area contributed by atoms with E-state index in [0.29, 0.717) is 12.1 Å². The lowest BCUT2D eigenvalue weighted by Crippen LogP contribution is -2.25. The fourth-order valence-corrected chi connectivity index (χ4v) is 4.83. The molecule has 5 nitrogen and oxygen atoms in total. The second-order valence-corrected chi connectivity index (χ2v) is 7.40. The SMILES string of the molecule is CCNC(=O)c1c(NC2OC(=O)c3ccccc32)sc2c1CCCC2. The van der Waals surface area contributed by atoms with E-state index in [0.717, 1.165) is 47.4 Å². The molecule has 6 heteroatoms. The topological polar surface area (TPSA) is 67.4 Å². The number of amides is 1. The Bertz CT molecular complexity index is 843. The number of ether oxygens (including phenoxy) is 1. The van der Waals surface area contributed by atoms with Gasteiger partial charge in [0.1, 0.15) is 5.00 Å². The van der Waals surface area contributed by atoms with Crippen LogP contribution in [0.1, 0.15) is 62.7 Å². The summed E-state index contributed by atoms with van der Waals surface area (Å²) in [5.41, 5.74) is 3.28. The van der Waals surface area contributed by atoms with Gasteiger partial charge in [0.25, 0.3) is 5.91 Å². The summed E-state index contributed by atoms with van der Waals surface area (Å²) in [6, 6.07) is 7.37. The summed E-state index contributed by atoms with van der Waals surface area (Å²) in [5, 5.41) is 7.02. The zero-order valence-corrected chi connectivity index (χ0v) is 14.9. The molecule has 4 rings (SSSR count). The fraction of sp³-hybridized carbons (Fsp3) is 0.368. The Morgan fingerprint density at radius 2 is 2.08 bits per heavy atom. The molecule has 0 bridgehead atoms. The molecule has 1 unspecified atom stereocenters. The molecule has 1 aromatic carbocycles.